The van der Waals surface area contributed by atoms with Crippen LogP contribution in [0, 0.1) is 0 Å². The smallest absolute Gasteiger partial charge is 0.106 e. The van der Waals surface area contributed by atoms with E-state index in [1.807, 2.05) is 0 Å². The number of hydrogen-bond donors (Lipinski definition) is 3. The van der Waals surface area contributed by atoms with Gasteiger partial charge in [0, 0.05) is 16.4 Å². The Hall–Kier alpha value is -1.20. The monoisotopic (exact) mass is 225 g/mol. The molecule has 2 atom stereocenters. The van der Waals surface area contributed by atoms with Gasteiger partial charge in [0.2, 0.25) is 0 Å². The molecule has 0 saturated heterocycles. The standard InChI is InChI=1S/C9H11N3O2S/c10-12-11-7-3-1-2-6(4-7)9(14)8(13)5-15/h1-4,8-9,13-15H,5H2. The highest BCUT2D eigenvalue weighted by Crippen LogP contribution is 2.22. The van der Waals surface area contributed by atoms with Gasteiger partial charge < -0.3 is 10.2 Å². The van der Waals surface area contributed by atoms with Gasteiger partial charge in [0.25, 0.3) is 0 Å². The quantitative estimate of drug-likeness (QED) is 0.316. The predicted molar refractivity (Wildman–Crippen MR) is 60.1 cm³/mol. The molecular weight excluding hydrogens is 214 g/mol. The van der Waals surface area contributed by atoms with Gasteiger partial charge in [-0.15, -0.1) is 0 Å². The molecule has 5 nitrogen and oxygen atoms in total. The topological polar surface area (TPSA) is 89.2 Å². The largest absolute Gasteiger partial charge is 0.389 e. The van der Waals surface area contributed by atoms with Crippen LogP contribution in [0.15, 0.2) is 29.4 Å². The van der Waals surface area contributed by atoms with Crippen LogP contribution in [0.1, 0.15) is 11.7 Å². The summed E-state index contributed by atoms with van der Waals surface area (Å²) in [6, 6.07) is 6.43. The van der Waals surface area contributed by atoms with Gasteiger partial charge in [0.15, 0.2) is 0 Å². The minimum absolute atomic E-state index is 0.160. The predicted octanol–water partition coefficient (Wildman–Crippen LogP) is 1.95. The van der Waals surface area contributed by atoms with Gasteiger partial charge in [0.1, 0.15) is 6.10 Å². The third kappa shape index (κ3) is 3.14. The lowest BCUT2D eigenvalue weighted by Gasteiger charge is -2.16. The lowest BCUT2D eigenvalue weighted by molar-refractivity contribution is 0.0338. The van der Waals surface area contributed by atoms with Gasteiger partial charge in [0.05, 0.1) is 6.10 Å². The number of nitrogens with zero attached hydrogens (tertiary/aromatic N) is 3. The zero-order chi connectivity index (χ0) is 11.3. The van der Waals surface area contributed by atoms with Crippen molar-refractivity contribution in [3.63, 3.8) is 0 Å². The molecule has 1 rings (SSSR count). The molecule has 2 unspecified atom stereocenters. The molecule has 80 valence electrons. The van der Waals surface area contributed by atoms with E-state index in [9.17, 15) is 10.2 Å². The molecule has 0 radical (unpaired) electrons. The Morgan fingerprint density at radius 3 is 2.80 bits per heavy atom. The van der Waals surface area contributed by atoms with E-state index in [-0.39, 0.29) is 5.75 Å². The Bertz CT molecular complexity index is 379. The van der Waals surface area contributed by atoms with E-state index in [0.29, 0.717) is 11.3 Å². The van der Waals surface area contributed by atoms with Crippen molar-refractivity contribution in [2.75, 3.05) is 5.75 Å². The first-order valence-corrected chi connectivity index (χ1v) is 4.94. The van der Waals surface area contributed by atoms with E-state index >= 15 is 0 Å². The van der Waals surface area contributed by atoms with E-state index in [1.54, 1.807) is 18.2 Å². The van der Waals surface area contributed by atoms with Crippen LogP contribution in [0.4, 0.5) is 5.69 Å². The highest BCUT2D eigenvalue weighted by atomic mass is 32.1. The van der Waals surface area contributed by atoms with Gasteiger partial charge in [-0.05, 0) is 17.2 Å². The number of hydrogen-bond acceptors (Lipinski definition) is 4. The molecule has 0 aromatic heterocycles. The van der Waals surface area contributed by atoms with Crippen LogP contribution in [-0.4, -0.2) is 22.1 Å². The summed E-state index contributed by atoms with van der Waals surface area (Å²) in [4.78, 5) is 2.64. The van der Waals surface area contributed by atoms with Gasteiger partial charge in [-0.1, -0.05) is 23.3 Å². The normalized spacial score (nSPS) is 14.1. The van der Waals surface area contributed by atoms with Crippen molar-refractivity contribution in [1.29, 1.82) is 0 Å². The molecule has 0 fully saturated rings. The van der Waals surface area contributed by atoms with Crippen molar-refractivity contribution in [2.45, 2.75) is 12.2 Å². The van der Waals surface area contributed by atoms with Gasteiger partial charge >= 0.3 is 0 Å². The average Bonchev–Trinajstić information content (AvgIpc) is 2.28. The van der Waals surface area contributed by atoms with E-state index in [0.717, 1.165) is 0 Å². The number of benzene rings is 1. The molecule has 0 bridgehead atoms. The zero-order valence-corrected chi connectivity index (χ0v) is 8.75. The van der Waals surface area contributed by atoms with Crippen molar-refractivity contribution in [2.24, 2.45) is 5.11 Å². The minimum atomic E-state index is -1.02. The van der Waals surface area contributed by atoms with Crippen LogP contribution in [0.5, 0.6) is 0 Å². The second kappa shape index (κ2) is 5.63. The molecule has 15 heavy (non-hydrogen) atoms. The second-order valence-corrected chi connectivity index (χ2v) is 3.34. The first kappa shape index (κ1) is 11.9. The van der Waals surface area contributed by atoms with Crippen LogP contribution in [0.2, 0.25) is 0 Å². The summed E-state index contributed by atoms with van der Waals surface area (Å²) in [5, 5.41) is 22.4. The first-order chi connectivity index (χ1) is 7.19. The Balaban J connectivity index is 2.94. The maximum absolute atomic E-state index is 9.65. The SMILES string of the molecule is [N-]=[N+]=Nc1cccc(C(O)C(O)CS)c1. The van der Waals surface area contributed by atoms with Gasteiger partial charge in [-0.3, -0.25) is 0 Å². The van der Waals surface area contributed by atoms with Crippen LogP contribution in [0.25, 0.3) is 10.4 Å². The Labute approximate surface area is 92.4 Å². The van der Waals surface area contributed by atoms with Gasteiger partial charge in [-0.2, -0.15) is 12.6 Å². The first-order valence-electron chi connectivity index (χ1n) is 4.31. The van der Waals surface area contributed by atoms with E-state index < -0.39 is 12.2 Å². The third-order valence-electron chi connectivity index (χ3n) is 1.92. The Kier molecular flexibility index (Phi) is 4.45. The molecule has 0 aliphatic carbocycles. The van der Waals surface area contributed by atoms with Crippen LogP contribution < -0.4 is 0 Å². The molecule has 0 saturated carbocycles. The molecule has 6 heteroatoms. The number of aliphatic hydroxyl groups excluding tert-OH is 2. The van der Waals surface area contributed by atoms with E-state index in [1.165, 1.54) is 6.07 Å². The number of azide groups is 1. The molecule has 0 aliphatic rings. The lowest BCUT2D eigenvalue weighted by atomic mass is 10.1. The summed E-state index contributed by atoms with van der Waals surface area (Å²) in [7, 11) is 0. The molecule has 1 aromatic carbocycles. The molecule has 0 heterocycles. The minimum Gasteiger partial charge on any atom is -0.389 e. The summed E-state index contributed by atoms with van der Waals surface area (Å²) < 4.78 is 0. The van der Waals surface area contributed by atoms with Gasteiger partial charge in [-0.25, -0.2) is 0 Å². The molecule has 1 aromatic rings. The van der Waals surface area contributed by atoms with Crippen molar-refractivity contribution in [3.8, 4) is 0 Å². The number of rotatable bonds is 4. The summed E-state index contributed by atoms with van der Waals surface area (Å²) in [5.74, 6) is 0.160. The summed E-state index contributed by atoms with van der Waals surface area (Å²) in [6.07, 6.45) is -1.95. The molecule has 0 aliphatic heterocycles. The van der Waals surface area contributed by atoms with Crippen molar-refractivity contribution in [1.82, 2.24) is 0 Å². The highest BCUT2D eigenvalue weighted by molar-refractivity contribution is 7.80. The van der Waals surface area contributed by atoms with Crippen molar-refractivity contribution < 1.29 is 10.2 Å². The van der Waals surface area contributed by atoms with Crippen molar-refractivity contribution in [3.05, 3.63) is 40.3 Å². The third-order valence-corrected chi connectivity index (χ3v) is 2.30. The van der Waals surface area contributed by atoms with Crippen LogP contribution in [0.3, 0.4) is 0 Å². The van der Waals surface area contributed by atoms with E-state index in [4.69, 9.17) is 5.53 Å². The zero-order valence-electron chi connectivity index (χ0n) is 7.85. The van der Waals surface area contributed by atoms with Crippen molar-refractivity contribution >= 4 is 18.3 Å². The molecular formula is C9H11N3O2S. The Morgan fingerprint density at radius 1 is 1.47 bits per heavy atom. The fourth-order valence-corrected chi connectivity index (χ4v) is 1.34. The van der Waals surface area contributed by atoms with Crippen LogP contribution >= 0.6 is 12.6 Å². The van der Waals surface area contributed by atoms with E-state index in [2.05, 4.69) is 22.7 Å². The summed E-state index contributed by atoms with van der Waals surface area (Å²) >= 11 is 3.88. The molecule has 0 spiro atoms. The number of thiol groups is 1. The van der Waals surface area contributed by atoms with Crippen LogP contribution in [-0.2, 0) is 0 Å². The summed E-state index contributed by atoms with van der Waals surface area (Å²) in [6.45, 7) is 0. The maximum Gasteiger partial charge on any atom is 0.106 e. The fourth-order valence-electron chi connectivity index (χ4n) is 1.14. The molecule has 0 amide bonds. The Morgan fingerprint density at radius 2 is 2.20 bits per heavy atom. The average molecular weight is 225 g/mol. The molecule has 2 N–H and O–H groups in total. The fraction of sp³-hybridized carbons (Fsp3) is 0.333. The lowest BCUT2D eigenvalue weighted by Crippen LogP contribution is -2.19. The maximum atomic E-state index is 9.65. The summed E-state index contributed by atoms with van der Waals surface area (Å²) in [5.41, 5.74) is 9.14. The highest BCUT2D eigenvalue weighted by Gasteiger charge is 2.16. The second-order valence-electron chi connectivity index (χ2n) is 2.98. The number of aliphatic hydroxyl groups is 2.